The molecule has 0 radical (unpaired) electrons. The largest absolute Gasteiger partial charge is 0.522 e. The average Bonchev–Trinajstić information content (AvgIpc) is 3.17. The molecular weight excluding hydrogens is 834 g/mol. The zero-order valence-corrected chi connectivity index (χ0v) is 36.0. The van der Waals surface area contributed by atoms with Gasteiger partial charge in [0.15, 0.2) is 27.9 Å². The Bertz CT molecular complexity index is 2420. The van der Waals surface area contributed by atoms with Crippen molar-refractivity contribution >= 4 is 54.5 Å². The second kappa shape index (κ2) is 19.3. The van der Waals surface area contributed by atoms with E-state index in [0.29, 0.717) is 18.1 Å². The van der Waals surface area contributed by atoms with E-state index in [1.807, 2.05) is 102 Å². The monoisotopic (exact) mass is 879 g/mol. The molecule has 0 aliphatic carbocycles. The number of rotatable bonds is 12. The molecule has 0 spiro atoms. The van der Waals surface area contributed by atoms with Gasteiger partial charge in [0.05, 0.1) is 10.9 Å². The molecule has 0 unspecified atom stereocenters. The number of fused-ring (bicyclic) bond motifs is 2. The smallest absolute Gasteiger partial charge is 0.489 e. The molecule has 0 bridgehead atoms. The van der Waals surface area contributed by atoms with Crippen molar-refractivity contribution in [3.63, 3.8) is 0 Å². The molecule has 1 N–H and O–H groups in total. The van der Waals surface area contributed by atoms with Gasteiger partial charge in [0.2, 0.25) is 0 Å². The lowest BCUT2D eigenvalue weighted by molar-refractivity contribution is -0.158. The van der Waals surface area contributed by atoms with E-state index in [-0.39, 0.29) is 13.2 Å². The van der Waals surface area contributed by atoms with Gasteiger partial charge in [-0.1, -0.05) is 48.5 Å². The Balaban J connectivity index is 0.000000800. The highest BCUT2D eigenvalue weighted by molar-refractivity contribution is 7.97. The van der Waals surface area contributed by atoms with Crippen LogP contribution in [0.25, 0.3) is 21.5 Å². The number of carbonyl (C=O) groups is 2. The van der Waals surface area contributed by atoms with Gasteiger partial charge in [-0.3, -0.25) is 4.55 Å². The minimum Gasteiger partial charge on any atom is -0.489 e. The van der Waals surface area contributed by atoms with E-state index in [9.17, 15) is 22.8 Å². The van der Waals surface area contributed by atoms with Crippen LogP contribution in [0.15, 0.2) is 142 Å². The first-order valence-corrected chi connectivity index (χ1v) is 21.5. The van der Waals surface area contributed by atoms with Gasteiger partial charge in [0.1, 0.15) is 35.1 Å². The second-order valence-corrected chi connectivity index (χ2v) is 18.9. The summed E-state index contributed by atoms with van der Waals surface area (Å²) in [5.74, 6) is 1.06. The Kier molecular flexibility index (Phi) is 14.6. The molecule has 0 saturated heterocycles. The highest BCUT2D eigenvalue weighted by atomic mass is 32.2. The summed E-state index contributed by atoms with van der Waals surface area (Å²) in [6.45, 7) is 11.0. The van der Waals surface area contributed by atoms with Crippen molar-refractivity contribution < 1.29 is 59.4 Å². The van der Waals surface area contributed by atoms with Crippen LogP contribution < -0.4 is 14.2 Å². The van der Waals surface area contributed by atoms with Crippen LogP contribution >= 0.6 is 0 Å². The SMILES string of the molecule is CC(C)(C)OC(=O)COc1ccc([S+](c2ccc(OCC(=O)OC(C)(C)C)cc2)c2ccc(OCc3c4ccccc4cc4ccccc34)cc2)cc1.O=S(=O)(O)C(F)(F)F. The van der Waals surface area contributed by atoms with Crippen molar-refractivity contribution in [1.29, 1.82) is 0 Å². The van der Waals surface area contributed by atoms with Gasteiger partial charge in [-0.25, -0.2) is 9.59 Å². The number of hydrogen-bond acceptors (Lipinski definition) is 9. The van der Waals surface area contributed by atoms with Crippen LogP contribution in [0.1, 0.15) is 47.1 Å². The minimum atomic E-state index is -5.84. The molecule has 0 aliphatic rings. The topological polar surface area (TPSA) is 135 Å². The van der Waals surface area contributed by atoms with Gasteiger partial charge in [-0.2, -0.15) is 21.6 Å². The van der Waals surface area contributed by atoms with Crippen molar-refractivity contribution in [2.75, 3.05) is 13.2 Å². The third-order valence-electron chi connectivity index (χ3n) is 8.29. The predicted molar refractivity (Wildman–Crippen MR) is 228 cm³/mol. The number of alkyl halides is 3. The molecule has 10 nitrogen and oxygen atoms in total. The predicted octanol–water partition coefficient (Wildman–Crippen LogP) is 10.5. The summed E-state index contributed by atoms with van der Waals surface area (Å²) in [6, 6.07) is 42.8. The Morgan fingerprint density at radius 2 is 0.885 bits per heavy atom. The first-order chi connectivity index (χ1) is 28.6. The first kappa shape index (κ1) is 46.3. The Labute approximate surface area is 355 Å². The van der Waals surface area contributed by atoms with Crippen LogP contribution in [-0.2, 0) is 46.7 Å². The van der Waals surface area contributed by atoms with E-state index in [0.717, 1.165) is 26.0 Å². The molecule has 0 heterocycles. The summed E-state index contributed by atoms with van der Waals surface area (Å²) >= 11 is 0. The Hall–Kier alpha value is -5.77. The van der Waals surface area contributed by atoms with E-state index >= 15 is 0 Å². The average molecular weight is 880 g/mol. The van der Waals surface area contributed by atoms with Crippen LogP contribution in [0.5, 0.6) is 17.2 Å². The van der Waals surface area contributed by atoms with Crippen LogP contribution in [0.2, 0.25) is 0 Å². The van der Waals surface area contributed by atoms with Crippen molar-refractivity contribution in [3.05, 3.63) is 133 Å². The van der Waals surface area contributed by atoms with Gasteiger partial charge in [0, 0.05) is 5.56 Å². The molecule has 15 heteroatoms. The molecule has 6 aromatic carbocycles. The standard InChI is InChI=1S/C45H45O7S.CHF3O3S/c1-44(2,3)51-42(46)29-49-34-17-23-37(24-18-34)53(38-25-19-35(20-26-38)50-30-43(47)52-45(4,5)6)36-21-15-33(16-22-36)48-28-41-39-13-9-7-11-31(39)27-32-12-8-10-14-40(32)41;2-1(3,4)8(5,6)7/h7-27H,28-30H2,1-6H3;(H,5,6,7)/q+1;. The Morgan fingerprint density at radius 3 is 1.21 bits per heavy atom. The third kappa shape index (κ3) is 13.6. The molecule has 6 aromatic rings. The summed E-state index contributed by atoms with van der Waals surface area (Å²) in [4.78, 5) is 27.6. The van der Waals surface area contributed by atoms with Gasteiger partial charge in [0.25, 0.3) is 0 Å². The molecule has 0 aliphatic heterocycles. The number of halogens is 3. The van der Waals surface area contributed by atoms with Crippen molar-refractivity contribution in [1.82, 2.24) is 0 Å². The van der Waals surface area contributed by atoms with Crippen LogP contribution in [0.4, 0.5) is 13.2 Å². The minimum absolute atomic E-state index is 0.177. The lowest BCUT2D eigenvalue weighted by atomic mass is 9.97. The fourth-order valence-electron chi connectivity index (χ4n) is 5.87. The maximum atomic E-state index is 12.2. The van der Waals surface area contributed by atoms with Crippen LogP contribution in [0, 0.1) is 0 Å². The molecule has 61 heavy (non-hydrogen) atoms. The number of carbonyl (C=O) groups excluding carboxylic acids is 2. The van der Waals surface area contributed by atoms with E-state index in [1.54, 1.807) is 0 Å². The summed E-state index contributed by atoms with van der Waals surface area (Å²) in [5.41, 5.74) is -5.54. The van der Waals surface area contributed by atoms with Crippen molar-refractivity contribution in [3.8, 4) is 17.2 Å². The number of benzene rings is 6. The first-order valence-electron chi connectivity index (χ1n) is 18.9. The fourth-order valence-corrected chi connectivity index (χ4v) is 7.91. The molecular formula is C46H46F3O10S2+. The maximum absolute atomic E-state index is 12.2. The van der Waals surface area contributed by atoms with Gasteiger partial charge in [-0.15, -0.1) is 0 Å². The lowest BCUT2D eigenvalue weighted by Crippen LogP contribution is -2.27. The zero-order chi connectivity index (χ0) is 44.6. The molecule has 0 aromatic heterocycles. The summed E-state index contributed by atoms with van der Waals surface area (Å²) in [6.07, 6.45) is 0. The van der Waals surface area contributed by atoms with Crippen LogP contribution in [0.3, 0.4) is 0 Å². The molecule has 6 rings (SSSR count). The summed E-state index contributed by atoms with van der Waals surface area (Å²) < 4.78 is 86.2. The highest BCUT2D eigenvalue weighted by Gasteiger charge is 2.44. The number of esters is 2. The molecule has 322 valence electrons. The fraction of sp³-hybridized carbons (Fsp3) is 0.261. The second-order valence-electron chi connectivity index (χ2n) is 15.5. The van der Waals surface area contributed by atoms with Gasteiger partial charge < -0.3 is 23.7 Å². The quantitative estimate of drug-likeness (QED) is 0.0416. The van der Waals surface area contributed by atoms with E-state index in [1.165, 1.54) is 21.5 Å². The zero-order valence-electron chi connectivity index (χ0n) is 34.3. The summed E-state index contributed by atoms with van der Waals surface area (Å²) in [5, 5.41) is 4.74. The van der Waals surface area contributed by atoms with Crippen molar-refractivity contribution in [2.24, 2.45) is 0 Å². The maximum Gasteiger partial charge on any atom is 0.522 e. The van der Waals surface area contributed by atoms with E-state index in [4.69, 9.17) is 36.7 Å². The summed E-state index contributed by atoms with van der Waals surface area (Å²) in [7, 11) is -6.36. The number of hydrogen-bond donors (Lipinski definition) is 1. The van der Waals surface area contributed by atoms with Crippen molar-refractivity contribution in [2.45, 2.75) is 79.5 Å². The van der Waals surface area contributed by atoms with Crippen LogP contribution in [-0.4, -0.2) is 54.8 Å². The molecule has 0 amide bonds. The molecule has 0 saturated carbocycles. The highest BCUT2D eigenvalue weighted by Crippen LogP contribution is 2.35. The number of ether oxygens (including phenoxy) is 5. The van der Waals surface area contributed by atoms with Gasteiger partial charge in [-0.05, 0) is 142 Å². The lowest BCUT2D eigenvalue weighted by Gasteiger charge is -2.19. The van der Waals surface area contributed by atoms with E-state index in [2.05, 4.69) is 66.7 Å². The molecule has 0 fully saturated rings. The van der Waals surface area contributed by atoms with Gasteiger partial charge >= 0.3 is 27.6 Å². The molecule has 0 atom stereocenters. The Morgan fingerprint density at radius 1 is 0.557 bits per heavy atom. The third-order valence-corrected chi connectivity index (χ3v) is 11.1. The van der Waals surface area contributed by atoms with E-state index < -0.39 is 49.7 Å². The normalized spacial score (nSPS) is 12.0.